The number of para-hydroxylation sites is 1. The zero-order chi connectivity index (χ0) is 17.3. The monoisotopic (exact) mass is 318 g/mol. The summed E-state index contributed by atoms with van der Waals surface area (Å²) in [5.74, 6) is 0.597. The van der Waals surface area contributed by atoms with E-state index in [0.29, 0.717) is 5.75 Å². The van der Waals surface area contributed by atoms with Crippen molar-refractivity contribution in [2.45, 2.75) is 13.8 Å². The average Bonchev–Trinajstić information content (AvgIpc) is 2.57. The number of nitrogens with zero attached hydrogens (tertiary/aromatic N) is 2. The molecule has 0 heterocycles. The van der Waals surface area contributed by atoms with Gasteiger partial charge in [-0.2, -0.15) is 5.26 Å². The third-order valence-electron chi connectivity index (χ3n) is 3.95. The van der Waals surface area contributed by atoms with E-state index in [1.807, 2.05) is 44.2 Å². The molecular formula is C19H14N2O3. The van der Waals surface area contributed by atoms with Gasteiger partial charge in [0.25, 0.3) is 0 Å². The Balaban J connectivity index is 2.21. The van der Waals surface area contributed by atoms with Crippen LogP contribution in [0.3, 0.4) is 0 Å². The highest BCUT2D eigenvalue weighted by Crippen LogP contribution is 2.38. The summed E-state index contributed by atoms with van der Waals surface area (Å²) >= 11 is 0. The van der Waals surface area contributed by atoms with Crippen molar-refractivity contribution in [3.8, 4) is 17.6 Å². The molecule has 0 spiro atoms. The maximum atomic E-state index is 11.4. The molecule has 0 aliphatic heterocycles. The van der Waals surface area contributed by atoms with Crippen molar-refractivity contribution in [1.29, 1.82) is 5.26 Å². The van der Waals surface area contributed by atoms with Gasteiger partial charge in [0.15, 0.2) is 0 Å². The molecule has 0 aliphatic rings. The molecule has 0 radical (unpaired) electrons. The molecule has 0 fully saturated rings. The van der Waals surface area contributed by atoms with E-state index in [-0.39, 0.29) is 17.0 Å². The Morgan fingerprint density at radius 1 is 1.00 bits per heavy atom. The van der Waals surface area contributed by atoms with Crippen LogP contribution in [-0.4, -0.2) is 4.92 Å². The Morgan fingerprint density at radius 2 is 1.67 bits per heavy atom. The van der Waals surface area contributed by atoms with E-state index in [1.165, 1.54) is 12.1 Å². The van der Waals surface area contributed by atoms with Crippen LogP contribution in [0.4, 0.5) is 5.69 Å². The van der Waals surface area contributed by atoms with Crippen molar-refractivity contribution in [2.24, 2.45) is 0 Å². The second-order valence-electron chi connectivity index (χ2n) is 5.50. The Bertz CT molecular complexity index is 1000. The van der Waals surface area contributed by atoms with Gasteiger partial charge < -0.3 is 4.74 Å². The van der Waals surface area contributed by atoms with E-state index in [4.69, 9.17) is 10.00 Å². The molecule has 0 bridgehead atoms. The third-order valence-corrected chi connectivity index (χ3v) is 3.95. The first-order chi connectivity index (χ1) is 11.5. The van der Waals surface area contributed by atoms with E-state index in [9.17, 15) is 10.1 Å². The van der Waals surface area contributed by atoms with Crippen LogP contribution in [-0.2, 0) is 0 Å². The van der Waals surface area contributed by atoms with E-state index >= 15 is 0 Å². The largest absolute Gasteiger partial charge is 0.449 e. The topological polar surface area (TPSA) is 76.2 Å². The van der Waals surface area contributed by atoms with Crippen LogP contribution in [0.1, 0.15) is 16.7 Å². The summed E-state index contributed by atoms with van der Waals surface area (Å²) in [4.78, 5) is 10.8. The van der Waals surface area contributed by atoms with Gasteiger partial charge in [-0.15, -0.1) is 0 Å². The normalized spacial score (nSPS) is 10.4. The minimum Gasteiger partial charge on any atom is -0.449 e. The predicted molar refractivity (Wildman–Crippen MR) is 91.3 cm³/mol. The molecule has 5 nitrogen and oxygen atoms in total. The van der Waals surface area contributed by atoms with Crippen LogP contribution in [0.25, 0.3) is 10.8 Å². The molecule has 0 saturated heterocycles. The highest BCUT2D eigenvalue weighted by molar-refractivity contribution is 5.93. The van der Waals surface area contributed by atoms with Crippen LogP contribution >= 0.6 is 0 Å². The van der Waals surface area contributed by atoms with E-state index < -0.39 is 4.92 Å². The predicted octanol–water partition coefficient (Wildman–Crippen LogP) is 5.03. The number of nitriles is 1. The fraction of sp³-hybridized carbons (Fsp3) is 0.105. The lowest BCUT2D eigenvalue weighted by Crippen LogP contribution is -1.97. The molecule has 0 N–H and O–H groups in total. The first-order valence-electron chi connectivity index (χ1n) is 7.37. The van der Waals surface area contributed by atoms with Crippen molar-refractivity contribution < 1.29 is 9.66 Å². The Morgan fingerprint density at radius 3 is 2.38 bits per heavy atom. The minimum absolute atomic E-state index is 0.0226. The maximum absolute atomic E-state index is 11.4. The van der Waals surface area contributed by atoms with Gasteiger partial charge in [-0.1, -0.05) is 30.3 Å². The van der Waals surface area contributed by atoms with E-state index in [2.05, 4.69) is 0 Å². The molecule has 0 amide bonds. The molecule has 118 valence electrons. The van der Waals surface area contributed by atoms with Crippen molar-refractivity contribution in [2.75, 3.05) is 0 Å². The number of hydrogen-bond acceptors (Lipinski definition) is 4. The molecule has 0 aromatic heterocycles. The smallest absolute Gasteiger partial charge is 0.329 e. The van der Waals surface area contributed by atoms with Crippen molar-refractivity contribution in [1.82, 2.24) is 0 Å². The van der Waals surface area contributed by atoms with Gasteiger partial charge in [-0.25, -0.2) is 0 Å². The van der Waals surface area contributed by atoms with Crippen molar-refractivity contribution >= 4 is 16.5 Å². The van der Waals surface area contributed by atoms with Crippen LogP contribution in [0, 0.1) is 35.3 Å². The summed E-state index contributed by atoms with van der Waals surface area (Å²) in [7, 11) is 0. The standard InChI is InChI=1S/C19H14N2O3/c1-12-9-10-13(2)18-15(12)6-4-7-16(18)24-17-8-3-5-14(11-20)19(17)21(22)23/h3-10H,1-2H3. The van der Waals surface area contributed by atoms with Crippen LogP contribution in [0.15, 0.2) is 48.5 Å². The van der Waals surface area contributed by atoms with Gasteiger partial charge >= 0.3 is 5.69 Å². The molecule has 3 aromatic carbocycles. The van der Waals surface area contributed by atoms with Gasteiger partial charge in [0.2, 0.25) is 5.75 Å². The van der Waals surface area contributed by atoms with Crippen LogP contribution in [0.2, 0.25) is 0 Å². The molecule has 0 saturated carbocycles. The van der Waals surface area contributed by atoms with E-state index in [0.717, 1.165) is 21.9 Å². The first-order valence-corrected chi connectivity index (χ1v) is 7.37. The van der Waals surface area contributed by atoms with Crippen LogP contribution in [0.5, 0.6) is 11.5 Å². The summed E-state index contributed by atoms with van der Waals surface area (Å²) in [5.41, 5.74) is 1.78. The van der Waals surface area contributed by atoms with Crippen molar-refractivity contribution in [3.63, 3.8) is 0 Å². The summed E-state index contributed by atoms with van der Waals surface area (Å²) < 4.78 is 5.87. The molecule has 5 heteroatoms. The van der Waals surface area contributed by atoms with Gasteiger partial charge in [0, 0.05) is 5.39 Å². The zero-order valence-corrected chi connectivity index (χ0v) is 13.2. The molecule has 0 atom stereocenters. The number of nitro groups is 1. The molecule has 3 aromatic rings. The lowest BCUT2D eigenvalue weighted by atomic mass is 10.0. The minimum atomic E-state index is -0.586. The Labute approximate surface area is 138 Å². The van der Waals surface area contributed by atoms with Gasteiger partial charge in [0.1, 0.15) is 17.4 Å². The summed E-state index contributed by atoms with van der Waals surface area (Å²) in [6.45, 7) is 3.97. The second-order valence-corrected chi connectivity index (χ2v) is 5.50. The van der Waals surface area contributed by atoms with Gasteiger partial charge in [-0.05, 0) is 48.6 Å². The molecule has 3 rings (SSSR count). The van der Waals surface area contributed by atoms with E-state index in [1.54, 1.807) is 12.1 Å². The van der Waals surface area contributed by atoms with Gasteiger partial charge in [-0.3, -0.25) is 10.1 Å². The number of hydrogen-bond donors (Lipinski definition) is 0. The number of fused-ring (bicyclic) bond motifs is 1. The molecule has 0 aliphatic carbocycles. The Hall–Kier alpha value is -3.39. The summed E-state index contributed by atoms with van der Waals surface area (Å²) in [6, 6.07) is 16.0. The first kappa shape index (κ1) is 15.5. The maximum Gasteiger partial charge on any atom is 0.329 e. The number of rotatable bonds is 3. The second kappa shape index (κ2) is 6.01. The molecule has 24 heavy (non-hydrogen) atoms. The number of ether oxygens (including phenoxy) is 1. The third kappa shape index (κ3) is 2.55. The Kier molecular flexibility index (Phi) is 3.88. The highest BCUT2D eigenvalue weighted by Gasteiger charge is 2.22. The molecular weight excluding hydrogens is 304 g/mol. The zero-order valence-electron chi connectivity index (χ0n) is 13.2. The molecule has 0 unspecified atom stereocenters. The number of benzene rings is 3. The highest BCUT2D eigenvalue weighted by atomic mass is 16.6. The average molecular weight is 318 g/mol. The lowest BCUT2D eigenvalue weighted by Gasteiger charge is -2.13. The fourth-order valence-electron chi connectivity index (χ4n) is 2.78. The SMILES string of the molecule is Cc1ccc(C)c2c(Oc3cccc(C#N)c3[N+](=O)[O-])cccc12. The summed E-state index contributed by atoms with van der Waals surface area (Å²) in [5, 5.41) is 22.4. The number of nitro benzene ring substituents is 1. The van der Waals surface area contributed by atoms with Crippen LogP contribution < -0.4 is 4.74 Å². The van der Waals surface area contributed by atoms with Crippen molar-refractivity contribution in [3.05, 3.63) is 75.3 Å². The quantitative estimate of drug-likeness (QED) is 0.501. The lowest BCUT2D eigenvalue weighted by molar-refractivity contribution is -0.385. The fourth-order valence-corrected chi connectivity index (χ4v) is 2.78. The van der Waals surface area contributed by atoms with Gasteiger partial charge in [0.05, 0.1) is 4.92 Å². The number of aryl methyl sites for hydroxylation is 2. The summed E-state index contributed by atoms with van der Waals surface area (Å²) in [6.07, 6.45) is 0.